The molecule has 1 aliphatic rings. The summed E-state index contributed by atoms with van der Waals surface area (Å²) in [5, 5.41) is 0. The largest absolute Gasteiger partial charge is 2.00 e. The van der Waals surface area contributed by atoms with Gasteiger partial charge in [0.2, 0.25) is 0 Å². The van der Waals surface area contributed by atoms with E-state index < -0.39 is 0 Å². The first-order chi connectivity index (χ1) is 5.00. The Morgan fingerprint density at radius 2 is 1.91 bits per heavy atom. The van der Waals surface area contributed by atoms with Crippen molar-refractivity contribution in [1.82, 2.24) is 0 Å². The molecule has 1 aliphatic carbocycles. The van der Waals surface area contributed by atoms with Crippen LogP contribution in [0.2, 0.25) is 0 Å². The van der Waals surface area contributed by atoms with Crippen molar-refractivity contribution in [3.05, 3.63) is 54.6 Å². The van der Waals surface area contributed by atoms with E-state index in [1.54, 1.807) is 0 Å². The molecule has 0 unspecified atom stereocenters. The van der Waals surface area contributed by atoms with Gasteiger partial charge in [0, 0.05) is 0 Å². The summed E-state index contributed by atoms with van der Waals surface area (Å²) in [5.74, 6) is 0. The standard InChI is InChI=1S/2C5H5.Fe/c2*1-2-4-5-3-1;/h1-3H,4H2;1-5H;/q2*-1;+2. The molecular weight excluding hydrogens is 176 g/mol. The van der Waals surface area contributed by atoms with Gasteiger partial charge in [0.25, 0.3) is 0 Å². The Hall–Kier alpha value is -0.651. The van der Waals surface area contributed by atoms with Gasteiger partial charge < -0.3 is 0 Å². The molecule has 0 spiro atoms. The van der Waals surface area contributed by atoms with Gasteiger partial charge in [0.1, 0.15) is 0 Å². The van der Waals surface area contributed by atoms with Crippen LogP contribution >= 0.6 is 0 Å². The second kappa shape index (κ2) is 7.46. The predicted octanol–water partition coefficient (Wildman–Crippen LogP) is 2.71. The van der Waals surface area contributed by atoms with E-state index in [4.69, 9.17) is 0 Å². The van der Waals surface area contributed by atoms with Gasteiger partial charge >= 0.3 is 17.1 Å². The van der Waals surface area contributed by atoms with E-state index in [-0.39, 0.29) is 17.1 Å². The first kappa shape index (κ1) is 10.3. The molecule has 0 heterocycles. The van der Waals surface area contributed by atoms with Gasteiger partial charge in [-0.25, -0.2) is 24.3 Å². The summed E-state index contributed by atoms with van der Waals surface area (Å²) in [7, 11) is 0. The Bertz CT molecular complexity index is 167. The average Bonchev–Trinajstić information content (AvgIpc) is 2.67. The molecule has 58 valence electrons. The molecule has 1 aromatic carbocycles. The normalized spacial score (nSPS) is 11.6. The molecule has 0 saturated carbocycles. The second-order valence-electron chi connectivity index (χ2n) is 1.97. The Kier molecular flexibility index (Phi) is 7.02. The van der Waals surface area contributed by atoms with Crippen LogP contribution in [0, 0.1) is 6.08 Å². The van der Waals surface area contributed by atoms with Crippen LogP contribution in [0.5, 0.6) is 0 Å². The van der Waals surface area contributed by atoms with Gasteiger partial charge in [-0.05, 0) is 0 Å². The van der Waals surface area contributed by atoms with Crippen molar-refractivity contribution in [2.75, 3.05) is 0 Å². The fourth-order valence-electron chi connectivity index (χ4n) is 0.661. The van der Waals surface area contributed by atoms with E-state index in [0.29, 0.717) is 0 Å². The van der Waals surface area contributed by atoms with Crippen LogP contribution in [0.3, 0.4) is 0 Å². The summed E-state index contributed by atoms with van der Waals surface area (Å²) in [6.45, 7) is 0. The van der Waals surface area contributed by atoms with Gasteiger partial charge in [-0.15, -0.1) is 6.42 Å². The summed E-state index contributed by atoms with van der Waals surface area (Å²) in [5.41, 5.74) is 0. The molecule has 0 radical (unpaired) electrons. The van der Waals surface area contributed by atoms with Gasteiger partial charge in [0.05, 0.1) is 0 Å². The zero-order valence-electron chi connectivity index (χ0n) is 6.18. The third kappa shape index (κ3) is 5.78. The monoisotopic (exact) mass is 186 g/mol. The predicted molar refractivity (Wildman–Crippen MR) is 43.6 cm³/mol. The minimum absolute atomic E-state index is 0. The van der Waals surface area contributed by atoms with Crippen molar-refractivity contribution in [2.24, 2.45) is 0 Å². The number of hydrogen-bond donors (Lipinski definition) is 0. The van der Waals surface area contributed by atoms with E-state index in [1.165, 1.54) is 0 Å². The number of allylic oxidation sites excluding steroid dienone is 4. The summed E-state index contributed by atoms with van der Waals surface area (Å²) in [6, 6.07) is 10.0. The van der Waals surface area contributed by atoms with Crippen molar-refractivity contribution >= 4 is 0 Å². The number of rotatable bonds is 0. The third-order valence-corrected chi connectivity index (χ3v) is 1.14. The van der Waals surface area contributed by atoms with Gasteiger partial charge in [0.15, 0.2) is 0 Å². The zero-order valence-corrected chi connectivity index (χ0v) is 7.28. The molecule has 1 heteroatoms. The van der Waals surface area contributed by atoms with Crippen molar-refractivity contribution in [3.8, 4) is 0 Å². The van der Waals surface area contributed by atoms with Crippen molar-refractivity contribution in [1.29, 1.82) is 0 Å². The fourth-order valence-corrected chi connectivity index (χ4v) is 0.661. The van der Waals surface area contributed by atoms with E-state index in [0.717, 1.165) is 6.42 Å². The van der Waals surface area contributed by atoms with Crippen LogP contribution < -0.4 is 0 Å². The van der Waals surface area contributed by atoms with Crippen LogP contribution in [0.25, 0.3) is 0 Å². The molecule has 0 atom stereocenters. The first-order valence-electron chi connectivity index (χ1n) is 3.38. The van der Waals surface area contributed by atoms with E-state index in [9.17, 15) is 0 Å². The molecular formula is C10H10Fe. The molecule has 0 aromatic heterocycles. The molecule has 0 aliphatic heterocycles. The zero-order chi connectivity index (χ0) is 7.07. The van der Waals surface area contributed by atoms with Gasteiger partial charge in [-0.1, -0.05) is 0 Å². The molecule has 0 amide bonds. The summed E-state index contributed by atoms with van der Waals surface area (Å²) >= 11 is 0. The van der Waals surface area contributed by atoms with Crippen molar-refractivity contribution < 1.29 is 17.1 Å². The molecule has 0 N–H and O–H groups in total. The van der Waals surface area contributed by atoms with Gasteiger partial charge in [-0.2, -0.15) is 24.3 Å². The van der Waals surface area contributed by atoms with Crippen LogP contribution in [0.1, 0.15) is 6.42 Å². The van der Waals surface area contributed by atoms with E-state index >= 15 is 0 Å². The minimum atomic E-state index is 0. The van der Waals surface area contributed by atoms with Crippen LogP contribution in [0.4, 0.5) is 0 Å². The maximum Gasteiger partial charge on any atom is 2.00 e. The summed E-state index contributed by atoms with van der Waals surface area (Å²) < 4.78 is 0. The Labute approximate surface area is 78.5 Å². The summed E-state index contributed by atoms with van der Waals surface area (Å²) in [4.78, 5) is 0. The Morgan fingerprint density at radius 1 is 1.18 bits per heavy atom. The van der Waals surface area contributed by atoms with Crippen LogP contribution in [-0.4, -0.2) is 0 Å². The van der Waals surface area contributed by atoms with Crippen molar-refractivity contribution in [3.63, 3.8) is 0 Å². The topological polar surface area (TPSA) is 0 Å². The fraction of sp³-hybridized carbons (Fsp3) is 0.100. The Balaban J connectivity index is 0.000000167. The van der Waals surface area contributed by atoms with E-state index in [2.05, 4.69) is 12.2 Å². The molecule has 1 aromatic rings. The average molecular weight is 186 g/mol. The Morgan fingerprint density at radius 3 is 2.09 bits per heavy atom. The molecule has 0 bridgehead atoms. The minimum Gasteiger partial charge on any atom is -0.273 e. The maximum absolute atomic E-state index is 2.99. The SMILES string of the molecule is [C-]1=CC=CC1.[Fe+2].c1cc[cH-]c1. The third-order valence-electron chi connectivity index (χ3n) is 1.14. The molecule has 0 saturated heterocycles. The molecule has 0 nitrogen and oxygen atoms in total. The van der Waals surface area contributed by atoms with E-state index in [1.807, 2.05) is 42.5 Å². The van der Waals surface area contributed by atoms with Crippen LogP contribution in [0.15, 0.2) is 48.6 Å². The number of hydrogen-bond acceptors (Lipinski definition) is 0. The van der Waals surface area contributed by atoms with Crippen LogP contribution in [-0.2, 0) is 17.1 Å². The molecule has 11 heavy (non-hydrogen) atoms. The quantitative estimate of drug-likeness (QED) is 0.431. The smallest absolute Gasteiger partial charge is 0.273 e. The molecule has 2 rings (SSSR count). The van der Waals surface area contributed by atoms with Crippen molar-refractivity contribution in [2.45, 2.75) is 6.42 Å². The summed E-state index contributed by atoms with van der Waals surface area (Å²) in [6.07, 6.45) is 10.0. The molecule has 0 fully saturated rings. The van der Waals surface area contributed by atoms with Gasteiger partial charge in [-0.3, -0.25) is 6.08 Å². The maximum atomic E-state index is 2.99. The second-order valence-corrected chi connectivity index (χ2v) is 1.97. The first-order valence-corrected chi connectivity index (χ1v) is 3.38.